The lowest BCUT2D eigenvalue weighted by molar-refractivity contribution is 0.168. The number of methoxy groups -OCH3 is 1. The van der Waals surface area contributed by atoms with E-state index in [1.54, 1.807) is 0 Å². The number of rotatable bonds is 7. The SMILES string of the molecule is COCCN(CCO)S(=O)(=O)c1ccc(N)cc1F. The predicted molar refractivity (Wildman–Crippen MR) is 68.5 cm³/mol. The minimum atomic E-state index is -4.02. The molecule has 0 unspecified atom stereocenters. The molecular weight excluding hydrogens is 275 g/mol. The zero-order valence-corrected chi connectivity index (χ0v) is 11.4. The molecule has 0 radical (unpaired) electrons. The molecule has 0 saturated heterocycles. The van der Waals surface area contributed by atoms with E-state index in [0.717, 1.165) is 16.4 Å². The molecule has 0 heterocycles. The Morgan fingerprint density at radius 3 is 2.63 bits per heavy atom. The van der Waals surface area contributed by atoms with Crippen molar-refractivity contribution in [2.45, 2.75) is 4.90 Å². The third-order valence-corrected chi connectivity index (χ3v) is 4.40. The summed E-state index contributed by atoms with van der Waals surface area (Å²) in [7, 11) is -2.60. The lowest BCUT2D eigenvalue weighted by Crippen LogP contribution is -2.36. The second kappa shape index (κ2) is 6.80. The first-order chi connectivity index (χ1) is 8.93. The minimum absolute atomic E-state index is 0.0310. The van der Waals surface area contributed by atoms with Gasteiger partial charge in [-0.2, -0.15) is 4.31 Å². The molecule has 0 amide bonds. The van der Waals surface area contributed by atoms with Crippen LogP contribution in [0.1, 0.15) is 0 Å². The van der Waals surface area contributed by atoms with Gasteiger partial charge < -0.3 is 15.6 Å². The molecule has 1 aromatic rings. The maximum absolute atomic E-state index is 13.7. The molecule has 1 aromatic carbocycles. The Labute approximate surface area is 111 Å². The Hall–Kier alpha value is -1.22. The van der Waals surface area contributed by atoms with E-state index in [2.05, 4.69) is 0 Å². The fraction of sp³-hybridized carbons (Fsp3) is 0.455. The summed E-state index contributed by atoms with van der Waals surface area (Å²) in [4.78, 5) is -0.466. The van der Waals surface area contributed by atoms with Crippen LogP contribution in [0, 0.1) is 5.82 Å². The highest BCUT2D eigenvalue weighted by atomic mass is 32.2. The molecule has 1 rings (SSSR count). The van der Waals surface area contributed by atoms with E-state index in [4.69, 9.17) is 15.6 Å². The van der Waals surface area contributed by atoms with Gasteiger partial charge in [0, 0.05) is 25.9 Å². The quantitative estimate of drug-likeness (QED) is 0.692. The van der Waals surface area contributed by atoms with E-state index >= 15 is 0 Å². The van der Waals surface area contributed by atoms with E-state index in [1.807, 2.05) is 0 Å². The number of nitrogens with two attached hydrogens (primary N) is 1. The molecule has 0 atom stereocenters. The van der Waals surface area contributed by atoms with Crippen LogP contribution in [0.3, 0.4) is 0 Å². The van der Waals surface area contributed by atoms with Crippen molar-refractivity contribution in [2.24, 2.45) is 0 Å². The van der Waals surface area contributed by atoms with Crippen LogP contribution in [0.15, 0.2) is 23.1 Å². The van der Waals surface area contributed by atoms with Crippen molar-refractivity contribution in [1.29, 1.82) is 0 Å². The van der Waals surface area contributed by atoms with Crippen molar-refractivity contribution in [1.82, 2.24) is 4.31 Å². The number of nitrogens with zero attached hydrogens (tertiary/aromatic N) is 1. The zero-order valence-electron chi connectivity index (χ0n) is 10.5. The van der Waals surface area contributed by atoms with Crippen LogP contribution in [0.4, 0.5) is 10.1 Å². The number of nitrogen functional groups attached to an aromatic ring is 1. The Bertz CT molecular complexity index is 521. The van der Waals surface area contributed by atoms with Gasteiger partial charge in [0.15, 0.2) is 0 Å². The molecule has 0 fully saturated rings. The number of ether oxygens (including phenoxy) is 1. The van der Waals surface area contributed by atoms with E-state index in [0.29, 0.717) is 0 Å². The average molecular weight is 292 g/mol. The van der Waals surface area contributed by atoms with Gasteiger partial charge in [-0.25, -0.2) is 12.8 Å². The standard InChI is InChI=1S/C11H17FN2O4S/c1-18-7-5-14(4-6-15)19(16,17)11-3-2-9(13)8-10(11)12/h2-3,8,15H,4-7,13H2,1H3. The monoisotopic (exact) mass is 292 g/mol. The van der Waals surface area contributed by atoms with Gasteiger partial charge in [0.2, 0.25) is 10.0 Å². The lowest BCUT2D eigenvalue weighted by Gasteiger charge is -2.21. The molecule has 0 aliphatic heterocycles. The maximum atomic E-state index is 13.7. The summed E-state index contributed by atoms with van der Waals surface area (Å²) in [6.07, 6.45) is 0. The van der Waals surface area contributed by atoms with E-state index in [1.165, 1.54) is 13.2 Å². The fourth-order valence-electron chi connectivity index (χ4n) is 1.52. The topological polar surface area (TPSA) is 92.9 Å². The van der Waals surface area contributed by atoms with Crippen LogP contribution in [0.5, 0.6) is 0 Å². The summed E-state index contributed by atoms with van der Waals surface area (Å²) in [5.74, 6) is -0.916. The fourth-order valence-corrected chi connectivity index (χ4v) is 2.98. The van der Waals surface area contributed by atoms with Gasteiger partial charge >= 0.3 is 0 Å². The number of hydrogen-bond donors (Lipinski definition) is 2. The van der Waals surface area contributed by atoms with Gasteiger partial charge in [-0.1, -0.05) is 0 Å². The Kier molecular flexibility index (Phi) is 5.67. The lowest BCUT2D eigenvalue weighted by atomic mass is 10.3. The molecule has 8 heteroatoms. The second-order valence-corrected chi connectivity index (χ2v) is 5.72. The highest BCUT2D eigenvalue weighted by molar-refractivity contribution is 7.89. The van der Waals surface area contributed by atoms with E-state index in [9.17, 15) is 12.8 Å². The Morgan fingerprint density at radius 1 is 1.42 bits per heavy atom. The number of halogens is 1. The van der Waals surface area contributed by atoms with Gasteiger partial charge in [0.05, 0.1) is 13.2 Å². The predicted octanol–water partition coefficient (Wildman–Crippen LogP) is 0.0373. The third-order valence-electron chi connectivity index (χ3n) is 2.47. The van der Waals surface area contributed by atoms with Crippen LogP contribution >= 0.6 is 0 Å². The maximum Gasteiger partial charge on any atom is 0.246 e. The van der Waals surface area contributed by atoms with Crippen LogP contribution in [-0.2, 0) is 14.8 Å². The second-order valence-electron chi connectivity index (χ2n) is 3.81. The minimum Gasteiger partial charge on any atom is -0.399 e. The summed E-state index contributed by atoms with van der Waals surface area (Å²) in [6, 6.07) is 3.36. The van der Waals surface area contributed by atoms with Crippen molar-refractivity contribution >= 4 is 15.7 Å². The summed E-state index contributed by atoms with van der Waals surface area (Å²) >= 11 is 0. The van der Waals surface area contributed by atoms with Gasteiger partial charge in [-0.15, -0.1) is 0 Å². The average Bonchev–Trinajstić information content (AvgIpc) is 2.33. The number of anilines is 1. The highest BCUT2D eigenvalue weighted by Gasteiger charge is 2.26. The smallest absolute Gasteiger partial charge is 0.246 e. The number of sulfonamides is 1. The summed E-state index contributed by atoms with van der Waals surface area (Å²) in [5.41, 5.74) is 5.52. The molecule has 108 valence electrons. The molecule has 0 bridgehead atoms. The van der Waals surface area contributed by atoms with Crippen molar-refractivity contribution in [3.05, 3.63) is 24.0 Å². The number of benzene rings is 1. The number of aliphatic hydroxyl groups excluding tert-OH is 1. The molecule has 0 spiro atoms. The third kappa shape index (κ3) is 3.87. The zero-order chi connectivity index (χ0) is 14.5. The Morgan fingerprint density at radius 2 is 2.11 bits per heavy atom. The molecule has 0 aliphatic carbocycles. The van der Waals surface area contributed by atoms with Gasteiger partial charge in [-0.05, 0) is 18.2 Å². The van der Waals surface area contributed by atoms with Crippen LogP contribution < -0.4 is 5.73 Å². The van der Waals surface area contributed by atoms with Crippen LogP contribution in [0.25, 0.3) is 0 Å². The van der Waals surface area contributed by atoms with Gasteiger partial charge in [-0.3, -0.25) is 0 Å². The summed E-state index contributed by atoms with van der Waals surface area (Å²) in [5, 5.41) is 8.90. The first kappa shape index (κ1) is 15.8. The number of hydrogen-bond acceptors (Lipinski definition) is 5. The molecule has 6 nitrogen and oxygen atoms in total. The first-order valence-electron chi connectivity index (χ1n) is 5.58. The largest absolute Gasteiger partial charge is 0.399 e. The summed E-state index contributed by atoms with van der Waals surface area (Å²) < 4.78 is 43.9. The molecular formula is C11H17FN2O4S. The molecule has 19 heavy (non-hydrogen) atoms. The van der Waals surface area contributed by atoms with Crippen molar-refractivity contribution < 1.29 is 22.7 Å². The van der Waals surface area contributed by atoms with E-state index in [-0.39, 0.29) is 32.0 Å². The van der Waals surface area contributed by atoms with Crippen LogP contribution in [-0.4, -0.2) is 51.2 Å². The van der Waals surface area contributed by atoms with Crippen molar-refractivity contribution in [3.8, 4) is 0 Å². The van der Waals surface area contributed by atoms with Crippen molar-refractivity contribution in [2.75, 3.05) is 39.1 Å². The first-order valence-corrected chi connectivity index (χ1v) is 7.02. The highest BCUT2D eigenvalue weighted by Crippen LogP contribution is 2.21. The molecule has 0 aromatic heterocycles. The molecule has 0 aliphatic rings. The van der Waals surface area contributed by atoms with Crippen LogP contribution in [0.2, 0.25) is 0 Å². The van der Waals surface area contributed by atoms with Crippen molar-refractivity contribution in [3.63, 3.8) is 0 Å². The molecule has 0 saturated carbocycles. The van der Waals surface area contributed by atoms with Gasteiger partial charge in [0.1, 0.15) is 10.7 Å². The normalized spacial score (nSPS) is 12.0. The van der Waals surface area contributed by atoms with E-state index < -0.39 is 20.7 Å². The number of aliphatic hydroxyl groups is 1. The summed E-state index contributed by atoms with van der Waals surface area (Å²) in [6.45, 7) is -0.311. The molecule has 3 N–H and O–H groups in total. The van der Waals surface area contributed by atoms with Gasteiger partial charge in [0.25, 0.3) is 0 Å². The Balaban J connectivity index is 3.11.